The Hall–Kier alpha value is -4.62. The molecule has 192 valence electrons. The number of nitrogens with zero attached hydrogens (tertiary/aromatic N) is 3. The maximum absolute atomic E-state index is 5.02. The van der Waals surface area contributed by atoms with E-state index in [1.54, 1.807) is 0 Å². The van der Waals surface area contributed by atoms with Crippen molar-refractivity contribution in [2.45, 2.75) is 0 Å². The van der Waals surface area contributed by atoms with Crippen LogP contribution in [0.4, 0.5) is 0 Å². The Bertz CT molecular complexity index is 2140. The Kier molecular flexibility index (Phi) is 5.95. The number of benzene rings is 6. The summed E-state index contributed by atoms with van der Waals surface area (Å²) in [6, 6.07) is 49.1. The molecule has 6 aromatic carbocycles. The topological polar surface area (TPSA) is 38.7 Å². The van der Waals surface area contributed by atoms with Crippen LogP contribution in [-0.4, -0.2) is 35.4 Å². The first-order valence-corrected chi connectivity index (χ1v) is 16.0. The van der Waals surface area contributed by atoms with Gasteiger partial charge in [-0.2, -0.15) is 0 Å². The number of fused-ring (bicyclic) bond motifs is 4. The zero-order valence-electron chi connectivity index (χ0n) is 22.0. The van der Waals surface area contributed by atoms with Crippen LogP contribution in [0, 0.1) is 0 Å². The van der Waals surface area contributed by atoms with Crippen LogP contribution in [0.2, 0.25) is 0 Å². The number of rotatable bonds is 4. The maximum atomic E-state index is 5.02. The summed E-state index contributed by atoms with van der Waals surface area (Å²) in [6.45, 7) is 0. The van der Waals surface area contributed by atoms with Gasteiger partial charge in [-0.05, 0) is 0 Å². The molecule has 0 unspecified atom stereocenters. The summed E-state index contributed by atoms with van der Waals surface area (Å²) < 4.78 is 3.04. The van der Waals surface area contributed by atoms with Crippen LogP contribution in [0.15, 0.2) is 140 Å². The van der Waals surface area contributed by atoms with Gasteiger partial charge in [0, 0.05) is 0 Å². The number of hydrogen-bond donors (Lipinski definition) is 0. The van der Waals surface area contributed by atoms with Crippen LogP contribution in [0.3, 0.4) is 0 Å². The molecule has 0 aliphatic carbocycles. The summed E-state index contributed by atoms with van der Waals surface area (Å²) in [5, 5.41) is 5.13. The van der Waals surface area contributed by atoms with E-state index in [1.165, 1.54) is 34.1 Å². The van der Waals surface area contributed by atoms with Crippen molar-refractivity contribution in [2.75, 3.05) is 0 Å². The van der Waals surface area contributed by atoms with E-state index >= 15 is 0 Å². The zero-order chi connectivity index (χ0) is 27.2. The zero-order valence-corrected chi connectivity index (χ0v) is 24.4. The molecule has 8 rings (SSSR count). The summed E-state index contributed by atoms with van der Waals surface area (Å²) in [5.74, 6) is 2.02. The average Bonchev–Trinajstić information content (AvgIpc) is 3.44. The Morgan fingerprint density at radius 1 is 0.341 bits per heavy atom. The molecule has 0 aliphatic heterocycles. The molecule has 41 heavy (non-hydrogen) atoms. The molecule has 0 atom stereocenters. The van der Waals surface area contributed by atoms with Crippen molar-refractivity contribution in [1.82, 2.24) is 15.0 Å². The minimum atomic E-state index is -0.382. The third kappa shape index (κ3) is 4.24. The summed E-state index contributed by atoms with van der Waals surface area (Å²) in [6.07, 6.45) is 0. The van der Waals surface area contributed by atoms with Gasteiger partial charge in [-0.15, -0.1) is 0 Å². The molecule has 0 radical (unpaired) electrons. The minimum absolute atomic E-state index is 0.382. The fourth-order valence-electron chi connectivity index (χ4n) is 5.66. The molecular formula is C37H23N3Te. The molecule has 0 spiro atoms. The van der Waals surface area contributed by atoms with Crippen molar-refractivity contribution in [3.63, 3.8) is 0 Å². The quantitative estimate of drug-likeness (QED) is 0.181. The fourth-order valence-corrected chi connectivity index (χ4v) is 8.89. The first-order valence-electron chi connectivity index (χ1n) is 13.6. The van der Waals surface area contributed by atoms with Crippen LogP contribution in [0.1, 0.15) is 0 Å². The summed E-state index contributed by atoms with van der Waals surface area (Å²) in [7, 11) is 0. The molecule has 0 aliphatic rings. The van der Waals surface area contributed by atoms with Gasteiger partial charge in [0.1, 0.15) is 0 Å². The van der Waals surface area contributed by atoms with Crippen molar-refractivity contribution < 1.29 is 0 Å². The van der Waals surface area contributed by atoms with Crippen molar-refractivity contribution in [1.29, 1.82) is 0 Å². The van der Waals surface area contributed by atoms with Gasteiger partial charge in [-0.25, -0.2) is 0 Å². The minimum Gasteiger partial charge on any atom is -0.0615 e. The smallest absolute Gasteiger partial charge is 0.0615 e. The monoisotopic (exact) mass is 639 g/mol. The molecule has 0 saturated heterocycles. The Labute approximate surface area is 247 Å². The number of aromatic nitrogens is 3. The SMILES string of the molecule is c1ccc(-c2nc(-c3ccccc3)nc(-c3ccc(-c4cccc5[te]c6ccccc6c45)c4ccccc34)n2)cc1. The first-order chi connectivity index (χ1) is 20.3. The predicted molar refractivity (Wildman–Crippen MR) is 171 cm³/mol. The van der Waals surface area contributed by atoms with Gasteiger partial charge >= 0.3 is 212 Å². The van der Waals surface area contributed by atoms with Crippen molar-refractivity contribution in [2.24, 2.45) is 0 Å². The van der Waals surface area contributed by atoms with Gasteiger partial charge < -0.3 is 0 Å². The predicted octanol–water partition coefficient (Wildman–Crippen LogP) is 9.06. The van der Waals surface area contributed by atoms with E-state index < -0.39 is 0 Å². The summed E-state index contributed by atoms with van der Waals surface area (Å²) in [5.41, 5.74) is 5.48. The Morgan fingerprint density at radius 3 is 1.54 bits per heavy atom. The number of hydrogen-bond acceptors (Lipinski definition) is 3. The van der Waals surface area contributed by atoms with Crippen molar-refractivity contribution >= 4 is 48.8 Å². The Balaban J connectivity index is 1.38. The molecule has 8 aromatic rings. The average molecular weight is 637 g/mol. The molecule has 0 fully saturated rings. The fraction of sp³-hybridized carbons (Fsp3) is 0. The van der Waals surface area contributed by atoms with E-state index in [2.05, 4.69) is 78.9 Å². The van der Waals surface area contributed by atoms with Gasteiger partial charge in [0.15, 0.2) is 0 Å². The normalized spacial score (nSPS) is 11.4. The van der Waals surface area contributed by atoms with E-state index in [1.807, 2.05) is 60.7 Å². The molecule has 0 bridgehead atoms. The third-order valence-corrected chi connectivity index (χ3v) is 10.8. The van der Waals surface area contributed by atoms with Crippen LogP contribution in [0.25, 0.3) is 73.6 Å². The molecule has 2 aromatic heterocycles. The van der Waals surface area contributed by atoms with Crippen molar-refractivity contribution in [3.8, 4) is 45.3 Å². The molecule has 0 saturated carbocycles. The van der Waals surface area contributed by atoms with E-state index in [0.29, 0.717) is 17.5 Å². The van der Waals surface area contributed by atoms with E-state index in [9.17, 15) is 0 Å². The van der Waals surface area contributed by atoms with Crippen LogP contribution >= 0.6 is 0 Å². The molecular weight excluding hydrogens is 614 g/mol. The van der Waals surface area contributed by atoms with Crippen LogP contribution in [0.5, 0.6) is 0 Å². The summed E-state index contributed by atoms with van der Waals surface area (Å²) >= 11 is -0.382. The molecule has 3 nitrogen and oxygen atoms in total. The third-order valence-electron chi connectivity index (χ3n) is 7.56. The second-order valence-electron chi connectivity index (χ2n) is 10.0. The van der Waals surface area contributed by atoms with Gasteiger partial charge in [0.2, 0.25) is 0 Å². The van der Waals surface area contributed by atoms with Gasteiger partial charge in [-0.3, -0.25) is 0 Å². The second kappa shape index (κ2) is 10.1. The van der Waals surface area contributed by atoms with Gasteiger partial charge in [0.25, 0.3) is 0 Å². The van der Waals surface area contributed by atoms with E-state index in [0.717, 1.165) is 22.1 Å². The van der Waals surface area contributed by atoms with Crippen LogP contribution in [-0.2, 0) is 0 Å². The second-order valence-corrected chi connectivity index (χ2v) is 13.1. The van der Waals surface area contributed by atoms with Crippen molar-refractivity contribution in [3.05, 3.63) is 140 Å². The Morgan fingerprint density at radius 2 is 0.854 bits per heavy atom. The summed E-state index contributed by atoms with van der Waals surface area (Å²) in [4.78, 5) is 14.9. The van der Waals surface area contributed by atoms with Gasteiger partial charge in [-0.1, -0.05) is 36.4 Å². The van der Waals surface area contributed by atoms with E-state index in [4.69, 9.17) is 15.0 Å². The first kappa shape index (κ1) is 24.2. The van der Waals surface area contributed by atoms with Crippen LogP contribution < -0.4 is 0 Å². The van der Waals surface area contributed by atoms with Gasteiger partial charge in [0.05, 0.1) is 0 Å². The molecule has 0 N–H and O–H groups in total. The molecule has 0 amide bonds. The molecule has 4 heteroatoms. The standard InChI is InChI=1S/C37H23N3Te/c1-3-12-24(13-4-1)35-38-36(25-14-5-2-6-15-25)40-37(39-35)30-23-22-28(26-16-7-8-17-27(26)30)29-19-11-21-33-34(29)31-18-9-10-20-32(31)41-33/h1-23H. The van der Waals surface area contributed by atoms with E-state index in [-0.39, 0.29) is 20.4 Å². The molecule has 2 heterocycles.